The number of rotatable bonds is 5. The highest BCUT2D eigenvalue weighted by atomic mass is 16.5. The van der Waals surface area contributed by atoms with Crippen LogP contribution < -0.4 is 0 Å². The minimum atomic E-state index is -0.851. The van der Waals surface area contributed by atoms with Crippen molar-refractivity contribution in [2.24, 2.45) is 0 Å². The topological polar surface area (TPSA) is 70.0 Å². The van der Waals surface area contributed by atoms with Gasteiger partial charge in [-0.3, -0.25) is 9.69 Å². The number of carboxylic acids is 1. The highest BCUT2D eigenvalue weighted by Gasteiger charge is 2.24. The lowest BCUT2D eigenvalue weighted by Gasteiger charge is -2.33. The van der Waals surface area contributed by atoms with Gasteiger partial charge in [0.05, 0.1) is 25.2 Å². The molecule has 2 unspecified atom stereocenters. The van der Waals surface area contributed by atoms with E-state index in [4.69, 9.17) is 9.84 Å². The maximum absolute atomic E-state index is 10.7. The molecule has 1 saturated heterocycles. The first kappa shape index (κ1) is 14.0. The number of carboxylic acid groups (broad SMARTS) is 1. The third-order valence-corrected chi connectivity index (χ3v) is 3.24. The van der Waals surface area contributed by atoms with E-state index in [-0.39, 0.29) is 12.5 Å². The van der Waals surface area contributed by atoms with Crippen LogP contribution in [0.5, 0.6) is 0 Å². The van der Waals surface area contributed by atoms with E-state index in [2.05, 4.69) is 4.90 Å². The molecule has 1 fully saturated rings. The fourth-order valence-electron chi connectivity index (χ4n) is 2.29. The van der Waals surface area contributed by atoms with Gasteiger partial charge in [-0.25, -0.2) is 0 Å². The molecule has 5 nitrogen and oxygen atoms in total. The molecule has 1 aromatic rings. The predicted octanol–water partition coefficient (Wildman–Crippen LogP) is 0.895. The number of β-amino-alcohol motifs (C(OH)–C–C–N with tert-alkyl or cyclic N) is 1. The van der Waals surface area contributed by atoms with Crippen LogP contribution in [0.2, 0.25) is 0 Å². The van der Waals surface area contributed by atoms with Crippen molar-refractivity contribution in [1.29, 1.82) is 0 Å². The highest BCUT2D eigenvalue weighted by Crippen LogP contribution is 2.16. The first-order chi connectivity index (χ1) is 9.15. The Morgan fingerprint density at radius 1 is 1.42 bits per heavy atom. The molecule has 2 rings (SSSR count). The normalized spacial score (nSPS) is 22.1. The summed E-state index contributed by atoms with van der Waals surface area (Å²) >= 11 is 0. The molecule has 0 aromatic heterocycles. The largest absolute Gasteiger partial charge is 0.481 e. The summed E-state index contributed by atoms with van der Waals surface area (Å²) in [4.78, 5) is 12.7. The Kier molecular flexibility index (Phi) is 4.90. The van der Waals surface area contributed by atoms with Gasteiger partial charge in [-0.05, 0) is 5.56 Å². The maximum Gasteiger partial charge on any atom is 0.306 e. The monoisotopic (exact) mass is 265 g/mol. The van der Waals surface area contributed by atoms with Gasteiger partial charge in [0, 0.05) is 19.6 Å². The Morgan fingerprint density at radius 2 is 2.16 bits per heavy atom. The van der Waals surface area contributed by atoms with Crippen molar-refractivity contribution in [3.8, 4) is 0 Å². The number of morpholine rings is 1. The molecule has 19 heavy (non-hydrogen) atoms. The fraction of sp³-hybridized carbons (Fsp3) is 0.500. The standard InChI is InChI=1S/C14H19NO4/c16-13(11-4-2-1-3-5-11)10-15-6-7-19-12(9-15)8-14(17)18/h1-5,12-13,16H,6-10H2,(H,17,18). The molecular weight excluding hydrogens is 246 g/mol. The van der Waals surface area contributed by atoms with Crippen LogP contribution in [0.25, 0.3) is 0 Å². The van der Waals surface area contributed by atoms with Crippen LogP contribution in [0.4, 0.5) is 0 Å². The lowest BCUT2D eigenvalue weighted by atomic mass is 10.1. The van der Waals surface area contributed by atoms with Gasteiger partial charge in [-0.2, -0.15) is 0 Å². The Morgan fingerprint density at radius 3 is 2.84 bits per heavy atom. The number of aliphatic hydroxyl groups is 1. The second kappa shape index (κ2) is 6.65. The molecular formula is C14H19NO4. The summed E-state index contributed by atoms with van der Waals surface area (Å²) in [5.41, 5.74) is 0.878. The molecule has 2 N–H and O–H groups in total. The van der Waals surface area contributed by atoms with Crippen LogP contribution in [0.1, 0.15) is 18.1 Å². The predicted molar refractivity (Wildman–Crippen MR) is 69.8 cm³/mol. The van der Waals surface area contributed by atoms with Crippen LogP contribution in [-0.4, -0.2) is 53.4 Å². The maximum atomic E-state index is 10.7. The average molecular weight is 265 g/mol. The van der Waals surface area contributed by atoms with Gasteiger partial charge in [-0.1, -0.05) is 30.3 Å². The SMILES string of the molecule is O=C(O)CC1CN(CC(O)c2ccccc2)CCO1. The van der Waals surface area contributed by atoms with Crippen molar-refractivity contribution in [3.63, 3.8) is 0 Å². The van der Waals surface area contributed by atoms with E-state index in [1.165, 1.54) is 0 Å². The van der Waals surface area contributed by atoms with Crippen molar-refractivity contribution in [2.45, 2.75) is 18.6 Å². The first-order valence-electron chi connectivity index (χ1n) is 6.44. The minimum Gasteiger partial charge on any atom is -0.481 e. The third-order valence-electron chi connectivity index (χ3n) is 3.24. The van der Waals surface area contributed by atoms with Crippen LogP contribution in [0.3, 0.4) is 0 Å². The second-order valence-corrected chi connectivity index (χ2v) is 4.78. The van der Waals surface area contributed by atoms with Crippen LogP contribution >= 0.6 is 0 Å². The quantitative estimate of drug-likeness (QED) is 0.827. The Balaban J connectivity index is 1.86. The number of nitrogens with zero attached hydrogens (tertiary/aromatic N) is 1. The summed E-state index contributed by atoms with van der Waals surface area (Å²) in [7, 11) is 0. The minimum absolute atomic E-state index is 0.0118. The molecule has 1 heterocycles. The molecule has 5 heteroatoms. The van der Waals surface area contributed by atoms with Gasteiger partial charge in [0.15, 0.2) is 0 Å². The number of ether oxygens (including phenoxy) is 1. The van der Waals surface area contributed by atoms with Gasteiger partial charge in [-0.15, -0.1) is 0 Å². The lowest BCUT2D eigenvalue weighted by Crippen LogP contribution is -2.44. The van der Waals surface area contributed by atoms with E-state index in [9.17, 15) is 9.90 Å². The molecule has 0 spiro atoms. The first-order valence-corrected chi connectivity index (χ1v) is 6.44. The van der Waals surface area contributed by atoms with Crippen molar-refractivity contribution in [3.05, 3.63) is 35.9 Å². The summed E-state index contributed by atoms with van der Waals surface area (Å²) in [6.07, 6.45) is -0.822. The summed E-state index contributed by atoms with van der Waals surface area (Å²) in [5.74, 6) is -0.851. The summed E-state index contributed by atoms with van der Waals surface area (Å²) in [5, 5.41) is 18.9. The highest BCUT2D eigenvalue weighted by molar-refractivity contribution is 5.67. The molecule has 1 aliphatic rings. The zero-order valence-electron chi connectivity index (χ0n) is 10.7. The molecule has 0 bridgehead atoms. The van der Waals surface area contributed by atoms with E-state index < -0.39 is 12.1 Å². The van der Waals surface area contributed by atoms with E-state index in [1.54, 1.807) is 0 Å². The zero-order valence-corrected chi connectivity index (χ0v) is 10.7. The lowest BCUT2D eigenvalue weighted by molar-refractivity contribution is -0.142. The van der Waals surface area contributed by atoms with Gasteiger partial charge < -0.3 is 14.9 Å². The van der Waals surface area contributed by atoms with E-state index in [1.807, 2.05) is 30.3 Å². The average Bonchev–Trinajstić information content (AvgIpc) is 2.39. The van der Waals surface area contributed by atoms with Crippen molar-refractivity contribution >= 4 is 5.97 Å². The summed E-state index contributed by atoms with van der Waals surface area (Å²) < 4.78 is 5.40. The molecule has 0 amide bonds. The third kappa shape index (κ3) is 4.31. The van der Waals surface area contributed by atoms with Crippen LogP contribution in [0, 0.1) is 0 Å². The van der Waals surface area contributed by atoms with Gasteiger partial charge in [0.1, 0.15) is 0 Å². The fourth-order valence-corrected chi connectivity index (χ4v) is 2.29. The molecule has 104 valence electrons. The zero-order chi connectivity index (χ0) is 13.7. The van der Waals surface area contributed by atoms with Crippen LogP contribution in [-0.2, 0) is 9.53 Å². The van der Waals surface area contributed by atoms with Crippen molar-refractivity contribution in [1.82, 2.24) is 4.90 Å². The number of aliphatic hydroxyl groups excluding tert-OH is 1. The molecule has 1 aliphatic heterocycles. The molecule has 0 saturated carbocycles. The van der Waals surface area contributed by atoms with E-state index >= 15 is 0 Å². The van der Waals surface area contributed by atoms with E-state index in [0.717, 1.165) is 12.1 Å². The Bertz CT molecular complexity index is 409. The Labute approximate surface area is 112 Å². The number of aliphatic carboxylic acids is 1. The van der Waals surface area contributed by atoms with Gasteiger partial charge >= 0.3 is 5.97 Å². The van der Waals surface area contributed by atoms with Crippen LogP contribution in [0.15, 0.2) is 30.3 Å². The van der Waals surface area contributed by atoms with Crippen molar-refractivity contribution in [2.75, 3.05) is 26.2 Å². The van der Waals surface area contributed by atoms with Crippen molar-refractivity contribution < 1.29 is 19.7 Å². The number of hydrogen-bond acceptors (Lipinski definition) is 4. The second-order valence-electron chi connectivity index (χ2n) is 4.78. The van der Waals surface area contributed by atoms with Gasteiger partial charge in [0.25, 0.3) is 0 Å². The molecule has 0 radical (unpaired) electrons. The smallest absolute Gasteiger partial charge is 0.306 e. The number of carbonyl (C=O) groups is 1. The molecule has 1 aromatic carbocycles. The Hall–Kier alpha value is -1.43. The summed E-state index contributed by atoms with van der Waals surface area (Å²) in [6.45, 7) is 2.29. The molecule has 2 atom stereocenters. The number of hydrogen-bond donors (Lipinski definition) is 2. The van der Waals surface area contributed by atoms with E-state index in [0.29, 0.717) is 19.7 Å². The summed E-state index contributed by atoms with van der Waals surface area (Å²) in [6, 6.07) is 9.48. The number of benzene rings is 1. The van der Waals surface area contributed by atoms with Gasteiger partial charge in [0.2, 0.25) is 0 Å². The molecule has 0 aliphatic carbocycles.